The molecule has 0 aromatic rings. The first-order valence-corrected chi connectivity index (χ1v) is 11.2. The van der Waals surface area contributed by atoms with Crippen LogP contribution in [-0.4, -0.2) is 23.4 Å². The minimum atomic E-state index is -0.158. The lowest BCUT2D eigenvalue weighted by Gasteiger charge is -2.60. The van der Waals surface area contributed by atoms with Crippen LogP contribution in [0.15, 0.2) is 0 Å². The van der Waals surface area contributed by atoms with Gasteiger partial charge in [-0.2, -0.15) is 0 Å². The summed E-state index contributed by atoms with van der Waals surface area (Å²) in [6.45, 7) is 11.1. The van der Waals surface area contributed by atoms with E-state index >= 15 is 0 Å². The molecule has 3 saturated carbocycles. The van der Waals surface area contributed by atoms with E-state index in [1.165, 1.54) is 19.3 Å². The zero-order valence-electron chi connectivity index (χ0n) is 17.9. The number of nitrogens with one attached hydrogen (secondary N) is 2. The van der Waals surface area contributed by atoms with E-state index in [-0.39, 0.29) is 34.1 Å². The third-order valence-corrected chi connectivity index (χ3v) is 8.91. The molecular formula is C23H38N2O2. The summed E-state index contributed by atoms with van der Waals surface area (Å²) in [4.78, 5) is 25.0. The molecule has 4 fully saturated rings. The molecule has 27 heavy (non-hydrogen) atoms. The molecule has 2 amide bonds. The predicted molar refractivity (Wildman–Crippen MR) is 107 cm³/mol. The Kier molecular flexibility index (Phi) is 4.44. The summed E-state index contributed by atoms with van der Waals surface area (Å²) >= 11 is 0. The molecule has 1 heterocycles. The summed E-state index contributed by atoms with van der Waals surface area (Å²) in [5, 5.41) is 6.57. The lowest BCUT2D eigenvalue weighted by Crippen LogP contribution is -2.61. The Labute approximate surface area is 164 Å². The molecule has 0 aromatic heterocycles. The van der Waals surface area contributed by atoms with Gasteiger partial charge in [0, 0.05) is 23.9 Å². The maximum absolute atomic E-state index is 13.0. The number of piperidine rings is 1. The molecule has 0 aromatic carbocycles. The van der Waals surface area contributed by atoms with Gasteiger partial charge in [-0.3, -0.25) is 9.59 Å². The van der Waals surface area contributed by atoms with E-state index in [2.05, 4.69) is 45.3 Å². The van der Waals surface area contributed by atoms with Crippen molar-refractivity contribution in [3.63, 3.8) is 0 Å². The van der Waals surface area contributed by atoms with Gasteiger partial charge in [0.25, 0.3) is 0 Å². The second-order valence-corrected chi connectivity index (χ2v) is 11.5. The van der Waals surface area contributed by atoms with E-state index in [1.54, 1.807) is 0 Å². The molecule has 4 aliphatic rings. The molecule has 4 heteroatoms. The third-order valence-electron chi connectivity index (χ3n) is 8.91. The van der Waals surface area contributed by atoms with E-state index in [9.17, 15) is 9.59 Å². The van der Waals surface area contributed by atoms with Crippen LogP contribution >= 0.6 is 0 Å². The highest BCUT2D eigenvalue weighted by Gasteiger charge is 2.61. The van der Waals surface area contributed by atoms with Gasteiger partial charge >= 0.3 is 0 Å². The Balaban J connectivity index is 1.55. The monoisotopic (exact) mass is 374 g/mol. The van der Waals surface area contributed by atoms with Gasteiger partial charge in [0.15, 0.2) is 0 Å². The van der Waals surface area contributed by atoms with E-state index in [0.717, 1.165) is 31.6 Å². The van der Waals surface area contributed by atoms with Gasteiger partial charge in [-0.25, -0.2) is 0 Å². The Morgan fingerprint density at radius 2 is 1.70 bits per heavy atom. The molecule has 2 N–H and O–H groups in total. The molecule has 4 rings (SSSR count). The van der Waals surface area contributed by atoms with Crippen molar-refractivity contribution in [2.75, 3.05) is 0 Å². The quantitative estimate of drug-likeness (QED) is 0.728. The fourth-order valence-electron chi connectivity index (χ4n) is 7.59. The summed E-state index contributed by atoms with van der Waals surface area (Å²) in [7, 11) is 0. The molecule has 152 valence electrons. The van der Waals surface area contributed by atoms with Gasteiger partial charge in [-0.1, -0.05) is 13.8 Å². The second kappa shape index (κ2) is 6.22. The standard InChI is InChI=1S/C23H38N2O2/c1-21(2,3)25-20(27)17-8-7-15-14-6-9-18-23(5,13-11-19(26)24-18)16(14)10-12-22(15,17)4/h14-18H,6-13H2,1-5H3,(H,24,26)(H,25,27)/t14-,15-,16-,17+,18+,22-,23+/m1/s1. The highest BCUT2D eigenvalue weighted by atomic mass is 16.2. The number of carbonyl (C=O) groups excluding carboxylic acids is 2. The van der Waals surface area contributed by atoms with E-state index in [0.29, 0.717) is 24.3 Å². The average Bonchev–Trinajstić information content (AvgIpc) is 2.91. The molecular weight excluding hydrogens is 336 g/mol. The summed E-state index contributed by atoms with van der Waals surface area (Å²) in [5.74, 6) is 2.79. The van der Waals surface area contributed by atoms with Crippen molar-refractivity contribution in [2.24, 2.45) is 34.5 Å². The van der Waals surface area contributed by atoms with Gasteiger partial charge in [-0.15, -0.1) is 0 Å². The number of rotatable bonds is 1. The van der Waals surface area contributed by atoms with E-state index in [1.807, 2.05) is 0 Å². The zero-order chi connectivity index (χ0) is 19.6. The van der Waals surface area contributed by atoms with Crippen molar-refractivity contribution in [1.82, 2.24) is 10.6 Å². The molecule has 0 bridgehead atoms. The summed E-state index contributed by atoms with van der Waals surface area (Å²) in [6, 6.07) is 0.366. The SMILES string of the molecule is CC(C)(C)NC(=O)[C@@H]1CC[C@@H]2[C@H]3CC[C@@H]4NC(=O)CC[C@@]4(C)[C@@H]3CC[C@]21C. The number of carbonyl (C=O) groups is 2. The summed E-state index contributed by atoms with van der Waals surface area (Å²) in [5.41, 5.74) is 0.246. The number of hydrogen-bond acceptors (Lipinski definition) is 2. The van der Waals surface area contributed by atoms with Gasteiger partial charge in [0.1, 0.15) is 0 Å². The van der Waals surface area contributed by atoms with Gasteiger partial charge < -0.3 is 10.6 Å². The number of hydrogen-bond donors (Lipinski definition) is 2. The normalized spacial score (nSPS) is 46.7. The Hall–Kier alpha value is -1.06. The van der Waals surface area contributed by atoms with Crippen molar-refractivity contribution in [3.05, 3.63) is 0 Å². The van der Waals surface area contributed by atoms with Crippen LogP contribution in [0.1, 0.15) is 86.0 Å². The van der Waals surface area contributed by atoms with Crippen LogP contribution in [-0.2, 0) is 9.59 Å². The predicted octanol–water partition coefficient (Wildman–Crippen LogP) is 4.04. The van der Waals surface area contributed by atoms with Crippen LogP contribution in [0, 0.1) is 34.5 Å². The lowest BCUT2D eigenvalue weighted by molar-refractivity contribution is -0.142. The van der Waals surface area contributed by atoms with E-state index < -0.39 is 0 Å². The molecule has 0 unspecified atom stereocenters. The first-order chi connectivity index (χ1) is 12.5. The average molecular weight is 375 g/mol. The van der Waals surface area contributed by atoms with E-state index in [4.69, 9.17) is 0 Å². The highest BCUT2D eigenvalue weighted by Crippen LogP contribution is 2.65. The molecule has 1 saturated heterocycles. The molecule has 1 aliphatic heterocycles. The van der Waals surface area contributed by atoms with Gasteiger partial charge in [-0.05, 0) is 94.3 Å². The maximum Gasteiger partial charge on any atom is 0.224 e. The van der Waals surface area contributed by atoms with Crippen LogP contribution in [0.25, 0.3) is 0 Å². The topological polar surface area (TPSA) is 58.2 Å². The number of fused-ring (bicyclic) bond motifs is 5. The van der Waals surface area contributed by atoms with Gasteiger partial charge in [0.05, 0.1) is 0 Å². The van der Waals surface area contributed by atoms with Crippen LogP contribution in [0.2, 0.25) is 0 Å². The molecule has 4 nitrogen and oxygen atoms in total. The summed E-state index contributed by atoms with van der Waals surface area (Å²) in [6.07, 6.45) is 8.71. The minimum Gasteiger partial charge on any atom is -0.353 e. The van der Waals surface area contributed by atoms with Crippen molar-refractivity contribution in [1.29, 1.82) is 0 Å². The molecule has 0 radical (unpaired) electrons. The van der Waals surface area contributed by atoms with Crippen LogP contribution in [0.4, 0.5) is 0 Å². The maximum atomic E-state index is 13.0. The fourth-order valence-corrected chi connectivity index (χ4v) is 7.59. The smallest absolute Gasteiger partial charge is 0.224 e. The Morgan fingerprint density at radius 3 is 2.41 bits per heavy atom. The first-order valence-electron chi connectivity index (χ1n) is 11.2. The first kappa shape index (κ1) is 19.3. The molecule has 7 atom stereocenters. The highest BCUT2D eigenvalue weighted by molar-refractivity contribution is 5.80. The largest absolute Gasteiger partial charge is 0.353 e. The zero-order valence-corrected chi connectivity index (χ0v) is 17.9. The van der Waals surface area contributed by atoms with Crippen molar-refractivity contribution < 1.29 is 9.59 Å². The number of amides is 2. The van der Waals surface area contributed by atoms with Gasteiger partial charge in [0.2, 0.25) is 11.8 Å². The Bertz CT molecular complexity index is 639. The Morgan fingerprint density at radius 1 is 1.00 bits per heavy atom. The van der Waals surface area contributed by atoms with Crippen molar-refractivity contribution in [3.8, 4) is 0 Å². The van der Waals surface area contributed by atoms with Crippen LogP contribution < -0.4 is 10.6 Å². The fraction of sp³-hybridized carbons (Fsp3) is 0.913. The minimum absolute atomic E-state index is 0.150. The second-order valence-electron chi connectivity index (χ2n) is 11.5. The van der Waals surface area contributed by atoms with Crippen molar-refractivity contribution in [2.45, 2.75) is 97.6 Å². The van der Waals surface area contributed by atoms with Crippen molar-refractivity contribution >= 4 is 11.8 Å². The lowest BCUT2D eigenvalue weighted by atomic mass is 9.47. The van der Waals surface area contributed by atoms with Crippen LogP contribution in [0.3, 0.4) is 0 Å². The molecule has 3 aliphatic carbocycles. The molecule has 0 spiro atoms. The third kappa shape index (κ3) is 3.02. The summed E-state index contributed by atoms with van der Waals surface area (Å²) < 4.78 is 0. The van der Waals surface area contributed by atoms with Crippen LogP contribution in [0.5, 0.6) is 0 Å².